The standard InChI is InChI=1S/C28H35ClN6O3S.ClH/c1-28(2,3)13-24(36)35-10-8-19(31-25(37)21-12-16-11-17(29)5-6-18(16)30-21)22(14-35)32-26(38)27-33-20-7-9-34(4)15-23(20)39-27;/h5-6,11-12,19,22,30H,7-10,13-15H2,1-4H3,(H,31,37)(H,32,38);1H/t19-,22+;/m0./s1. The Balaban J connectivity index is 0.00000370. The maximum absolute atomic E-state index is 13.4. The number of hydrogen-bond donors (Lipinski definition) is 3. The average molecular weight is 608 g/mol. The number of carbonyl (C=O) groups is 3. The molecule has 216 valence electrons. The van der Waals surface area contributed by atoms with Gasteiger partial charge in [-0.3, -0.25) is 14.4 Å². The normalized spacial score (nSPS) is 19.6. The van der Waals surface area contributed by atoms with E-state index in [1.165, 1.54) is 11.3 Å². The number of halogens is 2. The van der Waals surface area contributed by atoms with Crippen molar-refractivity contribution in [3.8, 4) is 0 Å². The number of amides is 3. The Hall–Kier alpha value is -2.66. The van der Waals surface area contributed by atoms with Crippen molar-refractivity contribution in [3.05, 3.63) is 50.6 Å². The lowest BCUT2D eigenvalue weighted by atomic mass is 9.90. The molecule has 1 saturated heterocycles. The number of likely N-dealkylation sites (N-methyl/N-ethyl adjacent to an activating group) is 1. The summed E-state index contributed by atoms with van der Waals surface area (Å²) in [5.41, 5.74) is 2.07. The average Bonchev–Trinajstić information content (AvgIpc) is 3.47. The van der Waals surface area contributed by atoms with Crippen LogP contribution in [0.15, 0.2) is 24.3 Å². The summed E-state index contributed by atoms with van der Waals surface area (Å²) in [6.45, 7) is 8.63. The van der Waals surface area contributed by atoms with Gasteiger partial charge in [-0.05, 0) is 43.1 Å². The van der Waals surface area contributed by atoms with E-state index in [-0.39, 0.29) is 41.6 Å². The van der Waals surface area contributed by atoms with Crippen molar-refractivity contribution in [2.45, 2.75) is 58.7 Å². The Morgan fingerprint density at radius 1 is 1.12 bits per heavy atom. The van der Waals surface area contributed by atoms with Crippen molar-refractivity contribution in [1.29, 1.82) is 0 Å². The van der Waals surface area contributed by atoms with Crippen LogP contribution in [0.25, 0.3) is 10.9 Å². The first-order valence-corrected chi connectivity index (χ1v) is 14.5. The SMILES string of the molecule is CN1CCc2nc(C(=O)N[C@@H]3CN(C(=O)CC(C)(C)C)CC[C@@H]3NC(=O)c3cc4cc(Cl)ccc4[nH]3)sc2C1.Cl. The van der Waals surface area contributed by atoms with E-state index in [1.807, 2.05) is 26.8 Å². The van der Waals surface area contributed by atoms with Gasteiger partial charge in [0.25, 0.3) is 11.8 Å². The second-order valence-electron chi connectivity index (χ2n) is 11.8. The zero-order valence-electron chi connectivity index (χ0n) is 23.2. The number of carbonyl (C=O) groups excluding carboxylic acids is 3. The number of thiazole rings is 1. The van der Waals surface area contributed by atoms with Crippen LogP contribution in [0.1, 0.15) is 64.5 Å². The third-order valence-electron chi connectivity index (χ3n) is 7.22. The lowest BCUT2D eigenvalue weighted by Crippen LogP contribution is -2.61. The van der Waals surface area contributed by atoms with Gasteiger partial charge in [0.05, 0.1) is 17.8 Å². The van der Waals surface area contributed by atoms with Gasteiger partial charge < -0.3 is 25.4 Å². The zero-order valence-corrected chi connectivity index (χ0v) is 25.6. The van der Waals surface area contributed by atoms with E-state index >= 15 is 0 Å². The second kappa shape index (κ2) is 12.1. The molecule has 0 saturated carbocycles. The number of piperidine rings is 1. The highest BCUT2D eigenvalue weighted by molar-refractivity contribution is 7.13. The van der Waals surface area contributed by atoms with Gasteiger partial charge in [0.2, 0.25) is 5.91 Å². The number of likely N-dealkylation sites (tertiary alicyclic amines) is 1. The highest BCUT2D eigenvalue weighted by Gasteiger charge is 2.35. The quantitative estimate of drug-likeness (QED) is 0.402. The molecule has 0 aliphatic carbocycles. The topological polar surface area (TPSA) is 110 Å². The van der Waals surface area contributed by atoms with Gasteiger partial charge in [-0.2, -0.15) is 0 Å². The van der Waals surface area contributed by atoms with Gasteiger partial charge in [-0.15, -0.1) is 23.7 Å². The number of rotatable bonds is 5. The van der Waals surface area contributed by atoms with Gasteiger partial charge in [0.15, 0.2) is 5.01 Å². The number of aromatic amines is 1. The third kappa shape index (κ3) is 6.97. The van der Waals surface area contributed by atoms with Crippen LogP contribution in [-0.4, -0.2) is 76.3 Å². The Morgan fingerprint density at radius 2 is 1.88 bits per heavy atom. The molecule has 0 unspecified atom stereocenters. The highest BCUT2D eigenvalue weighted by Crippen LogP contribution is 2.26. The van der Waals surface area contributed by atoms with Crippen LogP contribution in [-0.2, 0) is 17.8 Å². The van der Waals surface area contributed by atoms with Crippen molar-refractivity contribution < 1.29 is 14.4 Å². The fraction of sp³-hybridized carbons (Fsp3) is 0.500. The molecular formula is C28H36Cl2N6O3S. The van der Waals surface area contributed by atoms with E-state index in [1.54, 1.807) is 23.1 Å². The van der Waals surface area contributed by atoms with E-state index in [9.17, 15) is 14.4 Å². The van der Waals surface area contributed by atoms with Crippen LogP contribution in [0.2, 0.25) is 5.02 Å². The Bertz CT molecular complexity index is 1410. The maximum atomic E-state index is 13.4. The van der Waals surface area contributed by atoms with Crippen LogP contribution in [0.5, 0.6) is 0 Å². The minimum absolute atomic E-state index is 0. The molecule has 2 aliphatic rings. The van der Waals surface area contributed by atoms with Crippen LogP contribution >= 0.6 is 35.3 Å². The molecule has 0 spiro atoms. The van der Waals surface area contributed by atoms with E-state index in [0.717, 1.165) is 41.0 Å². The molecule has 40 heavy (non-hydrogen) atoms. The Kier molecular flexibility index (Phi) is 9.14. The molecule has 5 rings (SSSR count). The molecule has 3 amide bonds. The molecule has 12 heteroatoms. The second-order valence-corrected chi connectivity index (χ2v) is 13.3. The van der Waals surface area contributed by atoms with Gasteiger partial charge in [-0.25, -0.2) is 4.98 Å². The minimum atomic E-state index is -0.457. The van der Waals surface area contributed by atoms with Crippen molar-refractivity contribution in [3.63, 3.8) is 0 Å². The number of H-pyrrole nitrogens is 1. The van der Waals surface area contributed by atoms with Crippen molar-refractivity contribution >= 4 is 64.0 Å². The molecule has 3 N–H and O–H groups in total. The third-order valence-corrected chi connectivity index (χ3v) is 8.54. The molecule has 4 heterocycles. The summed E-state index contributed by atoms with van der Waals surface area (Å²) in [6.07, 6.45) is 1.76. The van der Waals surface area contributed by atoms with E-state index in [4.69, 9.17) is 11.6 Å². The number of fused-ring (bicyclic) bond motifs is 2. The fourth-order valence-corrected chi connectivity index (χ4v) is 6.46. The van der Waals surface area contributed by atoms with Crippen molar-refractivity contribution in [1.82, 2.24) is 30.4 Å². The van der Waals surface area contributed by atoms with Crippen molar-refractivity contribution in [2.24, 2.45) is 5.41 Å². The summed E-state index contributed by atoms with van der Waals surface area (Å²) in [5, 5.41) is 8.07. The van der Waals surface area contributed by atoms with Gasteiger partial charge in [0.1, 0.15) is 5.69 Å². The smallest absolute Gasteiger partial charge is 0.280 e. The number of aromatic nitrogens is 2. The monoisotopic (exact) mass is 606 g/mol. The molecule has 1 fully saturated rings. The summed E-state index contributed by atoms with van der Waals surface area (Å²) in [7, 11) is 2.06. The van der Waals surface area contributed by atoms with Gasteiger partial charge >= 0.3 is 0 Å². The summed E-state index contributed by atoms with van der Waals surface area (Å²) in [6, 6.07) is 6.37. The molecule has 2 aromatic heterocycles. The maximum Gasteiger partial charge on any atom is 0.280 e. The number of hydrogen-bond acceptors (Lipinski definition) is 6. The molecule has 0 radical (unpaired) electrons. The summed E-state index contributed by atoms with van der Waals surface area (Å²) >= 11 is 7.53. The molecule has 3 aromatic rings. The fourth-order valence-electron chi connectivity index (χ4n) is 5.19. The van der Waals surface area contributed by atoms with E-state index in [2.05, 4.69) is 32.5 Å². The Morgan fingerprint density at radius 3 is 2.62 bits per heavy atom. The first-order valence-electron chi connectivity index (χ1n) is 13.3. The number of nitrogens with zero attached hydrogens (tertiary/aromatic N) is 3. The molecule has 0 bridgehead atoms. The molecular weight excluding hydrogens is 571 g/mol. The number of benzene rings is 1. The molecule has 2 aliphatic heterocycles. The lowest BCUT2D eigenvalue weighted by molar-refractivity contribution is -0.134. The van der Waals surface area contributed by atoms with Crippen LogP contribution < -0.4 is 10.6 Å². The van der Waals surface area contributed by atoms with Gasteiger partial charge in [-0.1, -0.05) is 32.4 Å². The summed E-state index contributed by atoms with van der Waals surface area (Å²) in [5.74, 6) is -0.493. The van der Waals surface area contributed by atoms with E-state index in [0.29, 0.717) is 41.7 Å². The molecule has 1 aromatic carbocycles. The van der Waals surface area contributed by atoms with Crippen LogP contribution in [0.4, 0.5) is 0 Å². The molecule has 2 atom stereocenters. The molecule has 9 nitrogen and oxygen atoms in total. The highest BCUT2D eigenvalue weighted by atomic mass is 35.5. The van der Waals surface area contributed by atoms with Crippen LogP contribution in [0, 0.1) is 5.41 Å². The predicted octanol–water partition coefficient (Wildman–Crippen LogP) is 4.25. The van der Waals surface area contributed by atoms with Crippen LogP contribution in [0.3, 0.4) is 0 Å². The first kappa shape index (κ1) is 30.3. The first-order chi connectivity index (χ1) is 18.4. The lowest BCUT2D eigenvalue weighted by Gasteiger charge is -2.39. The zero-order chi connectivity index (χ0) is 27.9. The number of nitrogens with one attached hydrogen (secondary N) is 3. The van der Waals surface area contributed by atoms with Gasteiger partial charge in [0, 0.05) is 59.8 Å². The summed E-state index contributed by atoms with van der Waals surface area (Å²) < 4.78 is 0. The van der Waals surface area contributed by atoms with Crippen molar-refractivity contribution in [2.75, 3.05) is 26.7 Å². The summed E-state index contributed by atoms with van der Waals surface area (Å²) in [4.78, 5) is 52.5. The largest absolute Gasteiger partial charge is 0.351 e. The predicted molar refractivity (Wildman–Crippen MR) is 160 cm³/mol. The Labute approximate surface area is 249 Å². The van der Waals surface area contributed by atoms with E-state index < -0.39 is 6.04 Å². The minimum Gasteiger partial charge on any atom is -0.351 e.